The molecule has 0 saturated carbocycles. The van der Waals surface area contributed by atoms with Crippen LogP contribution in [0.15, 0.2) is 50.0 Å². The van der Waals surface area contributed by atoms with E-state index < -0.39 is 0 Å². The summed E-state index contributed by atoms with van der Waals surface area (Å²) >= 11 is 5.84. The molecular formula is C16H16N4OS4. The predicted octanol–water partition coefficient (Wildman–Crippen LogP) is 4.55. The van der Waals surface area contributed by atoms with Gasteiger partial charge >= 0.3 is 0 Å². The standard InChI is InChI=1S/C16H16N4OS4/c1-11(2)9-23-15-19-20-16(25-15)24-10-14(21)18-12-5-3-4-6-13(12)22-8-7-17/h3-6H,1,8-10H2,2H3,(H,18,21). The lowest BCUT2D eigenvalue weighted by molar-refractivity contribution is -0.113. The number of carbonyl (C=O) groups is 1. The molecule has 1 aromatic heterocycles. The Balaban J connectivity index is 1.85. The molecule has 5 nitrogen and oxygen atoms in total. The van der Waals surface area contributed by atoms with Crippen molar-refractivity contribution in [1.82, 2.24) is 10.2 Å². The van der Waals surface area contributed by atoms with Crippen molar-refractivity contribution in [3.05, 3.63) is 36.4 Å². The summed E-state index contributed by atoms with van der Waals surface area (Å²) in [5, 5.41) is 19.8. The number of nitriles is 1. The van der Waals surface area contributed by atoms with Crippen molar-refractivity contribution >= 4 is 58.2 Å². The number of anilines is 1. The summed E-state index contributed by atoms with van der Waals surface area (Å²) in [6, 6.07) is 9.55. The predicted molar refractivity (Wildman–Crippen MR) is 108 cm³/mol. The lowest BCUT2D eigenvalue weighted by Gasteiger charge is -2.08. The van der Waals surface area contributed by atoms with Crippen molar-refractivity contribution in [3.8, 4) is 6.07 Å². The number of rotatable bonds is 9. The third-order valence-electron chi connectivity index (χ3n) is 2.61. The van der Waals surface area contributed by atoms with Gasteiger partial charge in [-0.05, 0) is 19.1 Å². The summed E-state index contributed by atoms with van der Waals surface area (Å²) in [6.45, 7) is 5.83. The molecule has 1 aromatic carbocycles. The second-order valence-electron chi connectivity index (χ2n) is 4.86. The normalized spacial score (nSPS) is 10.2. The van der Waals surface area contributed by atoms with Gasteiger partial charge in [0.2, 0.25) is 5.91 Å². The Hall–Kier alpha value is -1.47. The second kappa shape index (κ2) is 10.5. The highest BCUT2D eigenvalue weighted by Gasteiger charge is 2.10. The maximum absolute atomic E-state index is 12.2. The van der Waals surface area contributed by atoms with Crippen LogP contribution in [0.4, 0.5) is 5.69 Å². The maximum Gasteiger partial charge on any atom is 0.234 e. The number of hydrogen-bond donors (Lipinski definition) is 1. The first-order chi connectivity index (χ1) is 12.1. The first-order valence-electron chi connectivity index (χ1n) is 7.20. The van der Waals surface area contributed by atoms with Crippen LogP contribution < -0.4 is 5.32 Å². The average Bonchev–Trinajstić information content (AvgIpc) is 3.05. The molecule has 2 rings (SSSR count). The highest BCUT2D eigenvalue weighted by molar-refractivity contribution is 8.03. The Kier molecular flexibility index (Phi) is 8.34. The summed E-state index contributed by atoms with van der Waals surface area (Å²) in [4.78, 5) is 13.1. The molecule has 0 fully saturated rings. The lowest BCUT2D eigenvalue weighted by atomic mass is 10.3. The molecule has 0 aliphatic heterocycles. The summed E-state index contributed by atoms with van der Waals surface area (Å²) in [6.07, 6.45) is 0. The number of hydrogen-bond acceptors (Lipinski definition) is 8. The minimum Gasteiger partial charge on any atom is -0.324 e. The minimum atomic E-state index is -0.110. The van der Waals surface area contributed by atoms with Crippen LogP contribution in [-0.2, 0) is 4.79 Å². The van der Waals surface area contributed by atoms with Crippen molar-refractivity contribution in [2.24, 2.45) is 0 Å². The van der Waals surface area contributed by atoms with Crippen molar-refractivity contribution in [1.29, 1.82) is 5.26 Å². The third-order valence-corrected chi connectivity index (χ3v) is 6.97. The van der Waals surface area contributed by atoms with Gasteiger partial charge in [-0.2, -0.15) is 5.26 Å². The van der Waals surface area contributed by atoms with E-state index in [1.54, 1.807) is 11.8 Å². The molecule has 9 heteroatoms. The zero-order valence-corrected chi connectivity index (χ0v) is 16.8. The van der Waals surface area contributed by atoms with Gasteiger partial charge in [-0.3, -0.25) is 4.79 Å². The SMILES string of the molecule is C=C(C)CSc1nnc(SCC(=O)Nc2ccccc2SCC#N)s1. The molecule has 0 unspecified atom stereocenters. The molecule has 0 spiro atoms. The highest BCUT2D eigenvalue weighted by Crippen LogP contribution is 2.30. The fourth-order valence-corrected chi connectivity index (χ4v) is 4.95. The van der Waals surface area contributed by atoms with Crippen LogP contribution in [0.2, 0.25) is 0 Å². The fraction of sp³-hybridized carbons (Fsp3) is 0.250. The number of para-hydroxylation sites is 1. The van der Waals surface area contributed by atoms with Gasteiger partial charge in [0.05, 0.1) is 23.3 Å². The van der Waals surface area contributed by atoms with Gasteiger partial charge in [0, 0.05) is 10.6 Å². The summed E-state index contributed by atoms with van der Waals surface area (Å²) in [7, 11) is 0. The van der Waals surface area contributed by atoms with E-state index in [0.717, 1.165) is 30.6 Å². The van der Waals surface area contributed by atoms with E-state index in [9.17, 15) is 4.79 Å². The van der Waals surface area contributed by atoms with E-state index in [2.05, 4.69) is 28.2 Å². The molecule has 130 valence electrons. The Morgan fingerprint density at radius 3 is 2.60 bits per heavy atom. The molecule has 2 aromatic rings. The summed E-state index contributed by atoms with van der Waals surface area (Å²) in [5.74, 6) is 1.31. The molecule has 0 aliphatic rings. The van der Waals surface area contributed by atoms with E-state index in [-0.39, 0.29) is 11.7 Å². The van der Waals surface area contributed by atoms with Crippen LogP contribution in [0.25, 0.3) is 0 Å². The number of amides is 1. The largest absolute Gasteiger partial charge is 0.324 e. The number of carbonyl (C=O) groups excluding carboxylic acids is 1. The Bertz CT molecular complexity index is 784. The minimum absolute atomic E-state index is 0.110. The first-order valence-corrected chi connectivity index (χ1v) is 11.0. The van der Waals surface area contributed by atoms with Gasteiger partial charge in [0.15, 0.2) is 8.68 Å². The second-order valence-corrected chi connectivity index (χ2v) is 9.30. The molecule has 0 bridgehead atoms. The molecule has 0 atom stereocenters. The molecular weight excluding hydrogens is 392 g/mol. The number of nitrogens with zero attached hydrogens (tertiary/aromatic N) is 3. The quantitative estimate of drug-likeness (QED) is 0.481. The number of nitrogens with one attached hydrogen (secondary N) is 1. The Labute approximate surface area is 163 Å². The molecule has 1 N–H and O–H groups in total. The Morgan fingerprint density at radius 2 is 1.92 bits per heavy atom. The molecule has 0 saturated heterocycles. The van der Waals surface area contributed by atoms with Crippen molar-refractivity contribution in [3.63, 3.8) is 0 Å². The van der Waals surface area contributed by atoms with E-state index in [4.69, 9.17) is 5.26 Å². The van der Waals surface area contributed by atoms with Crippen molar-refractivity contribution in [2.45, 2.75) is 20.5 Å². The van der Waals surface area contributed by atoms with Gasteiger partial charge in [-0.15, -0.1) is 22.0 Å². The van der Waals surface area contributed by atoms with Crippen molar-refractivity contribution in [2.75, 3.05) is 22.6 Å². The van der Waals surface area contributed by atoms with Crippen LogP contribution in [-0.4, -0.2) is 33.4 Å². The van der Waals surface area contributed by atoms with Crippen LogP contribution in [0.5, 0.6) is 0 Å². The van der Waals surface area contributed by atoms with Crippen LogP contribution in [0.3, 0.4) is 0 Å². The fourth-order valence-electron chi connectivity index (χ4n) is 1.62. The third kappa shape index (κ3) is 7.12. The van der Waals surface area contributed by atoms with Crippen LogP contribution in [0.1, 0.15) is 6.92 Å². The first kappa shape index (κ1) is 19.8. The van der Waals surface area contributed by atoms with E-state index >= 15 is 0 Å². The van der Waals surface area contributed by atoms with Gasteiger partial charge in [-0.25, -0.2) is 0 Å². The van der Waals surface area contributed by atoms with Gasteiger partial charge in [-0.1, -0.05) is 59.1 Å². The molecule has 25 heavy (non-hydrogen) atoms. The van der Waals surface area contributed by atoms with Crippen molar-refractivity contribution < 1.29 is 4.79 Å². The summed E-state index contributed by atoms with van der Waals surface area (Å²) < 4.78 is 1.65. The zero-order valence-electron chi connectivity index (χ0n) is 13.5. The maximum atomic E-state index is 12.2. The molecule has 1 heterocycles. The van der Waals surface area contributed by atoms with Crippen LogP contribution >= 0.6 is 46.6 Å². The van der Waals surface area contributed by atoms with E-state index in [1.165, 1.54) is 34.9 Å². The highest BCUT2D eigenvalue weighted by atomic mass is 32.2. The Morgan fingerprint density at radius 1 is 1.24 bits per heavy atom. The molecule has 1 amide bonds. The lowest BCUT2D eigenvalue weighted by Crippen LogP contribution is -2.14. The monoisotopic (exact) mass is 408 g/mol. The van der Waals surface area contributed by atoms with Gasteiger partial charge < -0.3 is 5.32 Å². The van der Waals surface area contributed by atoms with E-state index in [0.29, 0.717) is 5.75 Å². The number of benzene rings is 1. The average molecular weight is 409 g/mol. The van der Waals surface area contributed by atoms with Crippen LogP contribution in [0, 0.1) is 11.3 Å². The number of thioether (sulfide) groups is 3. The topological polar surface area (TPSA) is 78.7 Å². The summed E-state index contributed by atoms with van der Waals surface area (Å²) in [5.41, 5.74) is 1.81. The van der Waals surface area contributed by atoms with E-state index in [1.807, 2.05) is 31.2 Å². The van der Waals surface area contributed by atoms with Gasteiger partial charge in [0.1, 0.15) is 0 Å². The number of aromatic nitrogens is 2. The zero-order chi connectivity index (χ0) is 18.1. The smallest absolute Gasteiger partial charge is 0.234 e. The van der Waals surface area contributed by atoms with Gasteiger partial charge in [0.25, 0.3) is 0 Å². The molecule has 0 aliphatic carbocycles. The molecule has 0 radical (unpaired) electrons.